The summed E-state index contributed by atoms with van der Waals surface area (Å²) in [5, 5.41) is 0. The number of allylic oxidation sites excluding steroid dienone is 4. The van der Waals surface area contributed by atoms with Gasteiger partial charge in [-0.25, -0.2) is 0 Å². The van der Waals surface area contributed by atoms with Gasteiger partial charge in [0.25, 0.3) is 0 Å². The summed E-state index contributed by atoms with van der Waals surface area (Å²) in [5.41, 5.74) is 14.8. The van der Waals surface area contributed by atoms with Crippen molar-refractivity contribution in [2.24, 2.45) is 5.92 Å². The van der Waals surface area contributed by atoms with Gasteiger partial charge in [-0.05, 0) is 0 Å². The maximum atomic E-state index is 2.73. The molecular formula is C41H44Cl2Zr. The summed E-state index contributed by atoms with van der Waals surface area (Å²) in [5.74, 6) is 0.444. The average molecular weight is 699 g/mol. The van der Waals surface area contributed by atoms with E-state index in [1.807, 2.05) is 0 Å². The van der Waals surface area contributed by atoms with E-state index in [-0.39, 0.29) is 35.6 Å². The molecule has 0 saturated carbocycles. The molecule has 0 spiro atoms. The standard InChI is InChI=1S/C21H25.C13H13.C7H6.2ClH.Zr/c1-20(2,3)16-9-7-14-11-15-8-10-17(21(4,5)6)13-19(15)18(14)12-16;1-10-8-11(2)13(9-10)12-6-4-3-5-7-12;1-7-5-3-2-4-6-7;;;/h7,9-10,12-13H,11H2,1-6H3;3-7,9-10H,1-2H3;1-6H;2*1H;/q;;;;;+2/p-2. The van der Waals surface area contributed by atoms with Crippen molar-refractivity contribution in [1.29, 1.82) is 0 Å². The molecule has 4 aromatic carbocycles. The van der Waals surface area contributed by atoms with Gasteiger partial charge in [-0.2, -0.15) is 0 Å². The summed E-state index contributed by atoms with van der Waals surface area (Å²) in [6.45, 7) is 19.0. The molecule has 0 saturated heterocycles. The summed E-state index contributed by atoms with van der Waals surface area (Å²) in [6.07, 6.45) is 3.58. The fourth-order valence-electron chi connectivity index (χ4n) is 6.75. The van der Waals surface area contributed by atoms with Crippen molar-refractivity contribution >= 4 is 12.6 Å². The van der Waals surface area contributed by atoms with Crippen molar-refractivity contribution in [3.63, 3.8) is 0 Å². The van der Waals surface area contributed by atoms with Crippen molar-refractivity contribution in [3.05, 3.63) is 139 Å². The SMILES string of the molecule is CC1=[C](/[Zr+2](=[CH]/c2ccccc2)[c]2cc(C(C)(C)C)cc3c2Cc2ccc(C(C)(C)C)cc2-3)C(C)C=C1c1ccccc1.[Cl-].[Cl-]. The second kappa shape index (κ2) is 13.2. The summed E-state index contributed by atoms with van der Waals surface area (Å²) in [7, 11) is 0. The van der Waals surface area contributed by atoms with Crippen molar-refractivity contribution in [3.8, 4) is 11.1 Å². The smallest absolute Gasteiger partial charge is 1.00 e. The molecule has 1 unspecified atom stereocenters. The summed E-state index contributed by atoms with van der Waals surface area (Å²) >= 11 is -2.58. The van der Waals surface area contributed by atoms with E-state index in [1.54, 1.807) is 12.1 Å². The molecule has 0 nitrogen and oxygen atoms in total. The molecule has 6 rings (SSSR count). The number of benzene rings is 4. The van der Waals surface area contributed by atoms with Crippen LogP contribution in [0.3, 0.4) is 0 Å². The van der Waals surface area contributed by atoms with Crippen molar-refractivity contribution in [2.45, 2.75) is 72.6 Å². The first-order valence-electron chi connectivity index (χ1n) is 15.5. The van der Waals surface area contributed by atoms with E-state index < -0.39 is 21.3 Å². The van der Waals surface area contributed by atoms with Crippen LogP contribution in [0.4, 0.5) is 0 Å². The molecule has 0 heterocycles. The molecule has 226 valence electrons. The molecule has 0 aliphatic heterocycles. The Labute approximate surface area is 285 Å². The van der Waals surface area contributed by atoms with Gasteiger partial charge < -0.3 is 24.8 Å². The fraction of sp³-hybridized carbons (Fsp3) is 0.293. The van der Waals surface area contributed by atoms with Gasteiger partial charge in [0.1, 0.15) is 0 Å². The predicted octanol–water partition coefficient (Wildman–Crippen LogP) is 3.96. The number of hydrogen-bond acceptors (Lipinski definition) is 0. The zero-order valence-electron chi connectivity index (χ0n) is 27.4. The van der Waals surface area contributed by atoms with Crippen LogP contribution in [0.25, 0.3) is 16.7 Å². The molecule has 0 amide bonds. The van der Waals surface area contributed by atoms with E-state index >= 15 is 0 Å². The van der Waals surface area contributed by atoms with Gasteiger partial charge in [0.2, 0.25) is 0 Å². The van der Waals surface area contributed by atoms with Crippen molar-refractivity contribution in [2.75, 3.05) is 0 Å². The number of halogens is 2. The van der Waals surface area contributed by atoms with Gasteiger partial charge in [0.05, 0.1) is 0 Å². The van der Waals surface area contributed by atoms with Gasteiger partial charge in [0.15, 0.2) is 0 Å². The van der Waals surface area contributed by atoms with E-state index in [2.05, 4.69) is 156 Å². The van der Waals surface area contributed by atoms with Gasteiger partial charge in [-0.15, -0.1) is 0 Å². The van der Waals surface area contributed by atoms with E-state index in [9.17, 15) is 0 Å². The van der Waals surface area contributed by atoms with Crippen molar-refractivity contribution in [1.82, 2.24) is 0 Å². The Bertz CT molecular complexity index is 1760. The van der Waals surface area contributed by atoms with Crippen LogP contribution in [0.5, 0.6) is 0 Å². The minimum Gasteiger partial charge on any atom is -1.00 e. The van der Waals surface area contributed by atoms with E-state index in [0.717, 1.165) is 6.42 Å². The molecule has 4 aromatic rings. The Morgan fingerprint density at radius 1 is 0.705 bits per heavy atom. The van der Waals surface area contributed by atoms with Crippen LogP contribution in [-0.4, -0.2) is 3.71 Å². The van der Waals surface area contributed by atoms with Gasteiger partial charge in [-0.3, -0.25) is 0 Å². The second-order valence-electron chi connectivity index (χ2n) is 14.3. The molecule has 2 aliphatic rings. The number of rotatable bonds is 4. The number of fused-ring (bicyclic) bond motifs is 3. The summed E-state index contributed by atoms with van der Waals surface area (Å²) < 4.78 is 6.12. The summed E-state index contributed by atoms with van der Waals surface area (Å²) in [4.78, 5) is 0. The largest absolute Gasteiger partial charge is 1.00 e. The quantitative estimate of drug-likeness (QED) is 0.267. The average Bonchev–Trinajstić information content (AvgIpc) is 3.47. The maximum Gasteiger partial charge on any atom is -1.00 e. The molecule has 0 N–H and O–H groups in total. The minimum atomic E-state index is -2.58. The van der Waals surface area contributed by atoms with Crippen LogP contribution >= 0.6 is 0 Å². The Morgan fingerprint density at radius 3 is 1.91 bits per heavy atom. The Morgan fingerprint density at radius 2 is 1.30 bits per heavy atom. The zero-order chi connectivity index (χ0) is 29.8. The first-order chi connectivity index (χ1) is 19.9. The molecule has 0 bridgehead atoms. The zero-order valence-corrected chi connectivity index (χ0v) is 31.3. The Kier molecular flexibility index (Phi) is 10.4. The van der Waals surface area contributed by atoms with Crippen LogP contribution in [0, 0.1) is 5.92 Å². The minimum absolute atomic E-state index is 0. The first kappa shape index (κ1) is 34.6. The first-order valence-corrected chi connectivity index (χ1v) is 19.4. The monoisotopic (exact) mass is 696 g/mol. The van der Waals surface area contributed by atoms with Gasteiger partial charge in [-0.1, -0.05) is 0 Å². The van der Waals surface area contributed by atoms with Crippen LogP contribution in [-0.2, 0) is 38.5 Å². The third-order valence-electron chi connectivity index (χ3n) is 9.20. The molecular weight excluding hydrogens is 655 g/mol. The second-order valence-corrected chi connectivity index (χ2v) is 19.7. The van der Waals surface area contributed by atoms with Gasteiger partial charge in [0, 0.05) is 0 Å². The maximum absolute atomic E-state index is 2.73. The van der Waals surface area contributed by atoms with E-state index in [0.29, 0.717) is 5.92 Å². The third kappa shape index (κ3) is 6.63. The normalized spacial score (nSPS) is 15.7. The predicted molar refractivity (Wildman–Crippen MR) is 180 cm³/mol. The van der Waals surface area contributed by atoms with Gasteiger partial charge >= 0.3 is 263 Å². The molecule has 1 atom stereocenters. The fourth-order valence-corrected chi connectivity index (χ4v) is 14.4. The Hall–Kier alpha value is -2.31. The third-order valence-corrected chi connectivity index (χ3v) is 16.7. The van der Waals surface area contributed by atoms with Crippen LogP contribution in [0.1, 0.15) is 88.8 Å². The van der Waals surface area contributed by atoms with E-state index in [1.165, 1.54) is 50.1 Å². The van der Waals surface area contributed by atoms with Crippen LogP contribution < -0.4 is 28.1 Å². The van der Waals surface area contributed by atoms with Crippen LogP contribution in [0.15, 0.2) is 106 Å². The number of hydrogen-bond donors (Lipinski definition) is 0. The van der Waals surface area contributed by atoms with Crippen LogP contribution in [0.2, 0.25) is 0 Å². The molecule has 0 aromatic heterocycles. The molecule has 3 heteroatoms. The topological polar surface area (TPSA) is 0 Å². The summed E-state index contributed by atoms with van der Waals surface area (Å²) in [6, 6.07) is 34.6. The van der Waals surface area contributed by atoms with E-state index in [4.69, 9.17) is 0 Å². The molecule has 0 fully saturated rings. The molecule has 2 aliphatic carbocycles. The molecule has 0 radical (unpaired) electrons. The Balaban J connectivity index is 0.00000221. The van der Waals surface area contributed by atoms with Crippen molar-refractivity contribution < 1.29 is 46.1 Å². The molecule has 44 heavy (non-hydrogen) atoms.